The average Bonchev–Trinajstić information content (AvgIpc) is 2.65. The molecule has 0 aliphatic carbocycles. The third-order valence-electron chi connectivity index (χ3n) is 4.35. The Morgan fingerprint density at radius 2 is 2.00 bits per heavy atom. The van der Waals surface area contributed by atoms with Gasteiger partial charge >= 0.3 is 11.9 Å². The first kappa shape index (κ1) is 20.3. The van der Waals surface area contributed by atoms with Crippen LogP contribution in [0.4, 0.5) is 5.69 Å². The summed E-state index contributed by atoms with van der Waals surface area (Å²) in [5.41, 5.74) is -0.245. The molecule has 0 unspecified atom stereocenters. The molecule has 0 bridgehead atoms. The number of rotatable bonds is 6. The van der Waals surface area contributed by atoms with Crippen LogP contribution < -0.4 is 0 Å². The first-order valence-corrected chi connectivity index (χ1v) is 8.74. The van der Waals surface area contributed by atoms with Crippen molar-refractivity contribution in [3.63, 3.8) is 0 Å². The van der Waals surface area contributed by atoms with Crippen LogP contribution in [0, 0.1) is 17.0 Å². The fourth-order valence-electron chi connectivity index (χ4n) is 3.07. The molecule has 1 heterocycles. The maximum atomic E-state index is 12.4. The van der Waals surface area contributed by atoms with Gasteiger partial charge in [0.1, 0.15) is 11.6 Å². The van der Waals surface area contributed by atoms with E-state index in [9.17, 15) is 24.5 Å². The van der Waals surface area contributed by atoms with Crippen LogP contribution in [-0.4, -0.2) is 53.5 Å². The molecule has 1 amide bonds. The van der Waals surface area contributed by atoms with Gasteiger partial charge in [0.15, 0.2) is 6.61 Å². The third kappa shape index (κ3) is 4.81. The van der Waals surface area contributed by atoms with Gasteiger partial charge in [0.25, 0.3) is 11.6 Å². The number of benzene rings is 1. The quantitative estimate of drug-likeness (QED) is 0.422. The van der Waals surface area contributed by atoms with Gasteiger partial charge in [-0.05, 0) is 39.2 Å². The number of carbonyl (C=O) groups is 3. The number of esters is 2. The summed E-state index contributed by atoms with van der Waals surface area (Å²) in [7, 11) is 0. The number of aryl methyl sites for hydroxylation is 1. The maximum Gasteiger partial charge on any atom is 0.345 e. The van der Waals surface area contributed by atoms with E-state index < -0.39 is 35.4 Å². The number of likely N-dealkylation sites (tertiary alicyclic amines) is 1. The zero-order valence-corrected chi connectivity index (χ0v) is 15.3. The summed E-state index contributed by atoms with van der Waals surface area (Å²) in [5.74, 6) is -1.97. The van der Waals surface area contributed by atoms with Gasteiger partial charge in [0.05, 0.1) is 11.5 Å². The largest absolute Gasteiger partial charge is 0.464 e. The summed E-state index contributed by atoms with van der Waals surface area (Å²) in [6.45, 7) is 3.18. The summed E-state index contributed by atoms with van der Waals surface area (Å²) in [4.78, 5) is 48.6. The molecule has 1 aliphatic heterocycles. The zero-order valence-electron chi connectivity index (χ0n) is 15.3. The van der Waals surface area contributed by atoms with Gasteiger partial charge in [0.2, 0.25) is 0 Å². The van der Waals surface area contributed by atoms with Crippen LogP contribution in [0.5, 0.6) is 0 Å². The van der Waals surface area contributed by atoms with Crippen molar-refractivity contribution in [1.29, 1.82) is 0 Å². The number of ether oxygens (including phenoxy) is 2. The predicted molar refractivity (Wildman–Crippen MR) is 94.1 cm³/mol. The second-order valence-electron chi connectivity index (χ2n) is 6.16. The number of piperidine rings is 1. The second-order valence-corrected chi connectivity index (χ2v) is 6.16. The summed E-state index contributed by atoms with van der Waals surface area (Å²) in [6.07, 6.45) is 2.02. The molecule has 1 aromatic rings. The van der Waals surface area contributed by atoms with Gasteiger partial charge in [-0.2, -0.15) is 0 Å². The first-order chi connectivity index (χ1) is 12.9. The molecular weight excluding hydrogens is 356 g/mol. The molecule has 0 aromatic heterocycles. The molecule has 0 radical (unpaired) electrons. The molecule has 146 valence electrons. The van der Waals surface area contributed by atoms with E-state index in [1.165, 1.54) is 30.0 Å². The zero-order chi connectivity index (χ0) is 20.0. The van der Waals surface area contributed by atoms with Crippen LogP contribution in [-0.2, 0) is 19.1 Å². The smallest absolute Gasteiger partial charge is 0.345 e. The van der Waals surface area contributed by atoms with Crippen LogP contribution in [0.15, 0.2) is 18.2 Å². The molecule has 1 aliphatic rings. The van der Waals surface area contributed by atoms with Gasteiger partial charge < -0.3 is 14.4 Å². The number of para-hydroxylation sites is 1. The summed E-state index contributed by atoms with van der Waals surface area (Å²) in [6, 6.07) is 3.60. The molecule has 9 heteroatoms. The van der Waals surface area contributed by atoms with E-state index in [4.69, 9.17) is 9.47 Å². The van der Waals surface area contributed by atoms with Crippen molar-refractivity contribution in [3.8, 4) is 0 Å². The van der Waals surface area contributed by atoms with Gasteiger partial charge in [-0.1, -0.05) is 12.1 Å². The highest BCUT2D eigenvalue weighted by Crippen LogP contribution is 2.24. The monoisotopic (exact) mass is 378 g/mol. The van der Waals surface area contributed by atoms with Gasteiger partial charge in [0, 0.05) is 12.1 Å². The number of carbonyl (C=O) groups excluding carboxylic acids is 3. The third-order valence-corrected chi connectivity index (χ3v) is 4.35. The molecule has 2 rings (SSSR count). The SMILES string of the molecule is CCOC(=O)[C@@H]1CCCCN1C(=O)COC(=O)c1cccc(C)c1[N+](=O)[O-]. The highest BCUT2D eigenvalue weighted by atomic mass is 16.6. The normalized spacial score (nSPS) is 16.5. The molecule has 27 heavy (non-hydrogen) atoms. The van der Waals surface area contributed by atoms with Crippen LogP contribution in [0.3, 0.4) is 0 Å². The average molecular weight is 378 g/mol. The Morgan fingerprint density at radius 1 is 1.26 bits per heavy atom. The molecule has 0 spiro atoms. The van der Waals surface area contributed by atoms with E-state index in [1.807, 2.05) is 0 Å². The molecule has 1 atom stereocenters. The van der Waals surface area contributed by atoms with E-state index in [2.05, 4.69) is 0 Å². The topological polar surface area (TPSA) is 116 Å². The lowest BCUT2D eigenvalue weighted by Gasteiger charge is -2.33. The molecule has 0 N–H and O–H groups in total. The fourth-order valence-corrected chi connectivity index (χ4v) is 3.07. The van der Waals surface area contributed by atoms with Gasteiger partial charge in [-0.25, -0.2) is 9.59 Å². The molecule has 1 aromatic carbocycles. The number of hydrogen-bond donors (Lipinski definition) is 0. The Balaban J connectivity index is 2.06. The summed E-state index contributed by atoms with van der Waals surface area (Å²) < 4.78 is 9.99. The number of nitrogens with zero attached hydrogens (tertiary/aromatic N) is 2. The summed E-state index contributed by atoms with van der Waals surface area (Å²) in [5, 5.41) is 11.2. The Bertz CT molecular complexity index is 747. The second kappa shape index (κ2) is 9.11. The van der Waals surface area contributed by atoms with E-state index in [0.717, 1.165) is 12.8 Å². The minimum Gasteiger partial charge on any atom is -0.464 e. The Hall–Kier alpha value is -2.97. The van der Waals surface area contributed by atoms with Crippen molar-refractivity contribution in [2.24, 2.45) is 0 Å². The van der Waals surface area contributed by atoms with Crippen molar-refractivity contribution in [2.45, 2.75) is 39.2 Å². The minimum atomic E-state index is -0.955. The number of hydrogen-bond acceptors (Lipinski definition) is 7. The lowest BCUT2D eigenvalue weighted by atomic mass is 10.0. The van der Waals surface area contributed by atoms with Crippen LogP contribution in [0.1, 0.15) is 42.1 Å². The molecule has 0 saturated carbocycles. The summed E-state index contributed by atoms with van der Waals surface area (Å²) >= 11 is 0. The molecule has 1 saturated heterocycles. The highest BCUT2D eigenvalue weighted by Gasteiger charge is 2.34. The lowest BCUT2D eigenvalue weighted by molar-refractivity contribution is -0.385. The fraction of sp³-hybridized carbons (Fsp3) is 0.500. The number of nitro benzene ring substituents is 1. The van der Waals surface area contributed by atoms with E-state index >= 15 is 0 Å². The van der Waals surface area contributed by atoms with Crippen molar-refractivity contribution >= 4 is 23.5 Å². The van der Waals surface area contributed by atoms with Crippen molar-refractivity contribution in [1.82, 2.24) is 4.90 Å². The number of amides is 1. The molecule has 1 fully saturated rings. The van der Waals surface area contributed by atoms with Gasteiger partial charge in [-0.15, -0.1) is 0 Å². The first-order valence-electron chi connectivity index (χ1n) is 8.74. The predicted octanol–water partition coefficient (Wildman–Crippen LogP) is 2.00. The van der Waals surface area contributed by atoms with E-state index in [0.29, 0.717) is 18.5 Å². The van der Waals surface area contributed by atoms with Crippen LogP contribution >= 0.6 is 0 Å². The Labute approximate surface area is 156 Å². The van der Waals surface area contributed by atoms with Crippen LogP contribution in [0.2, 0.25) is 0 Å². The van der Waals surface area contributed by atoms with E-state index in [1.54, 1.807) is 6.92 Å². The van der Waals surface area contributed by atoms with Crippen LogP contribution in [0.25, 0.3) is 0 Å². The molecule has 9 nitrogen and oxygen atoms in total. The van der Waals surface area contributed by atoms with E-state index in [-0.39, 0.29) is 17.9 Å². The molecular formula is C18H22N2O7. The van der Waals surface area contributed by atoms with Crippen molar-refractivity contribution in [2.75, 3.05) is 19.8 Å². The van der Waals surface area contributed by atoms with Crippen molar-refractivity contribution in [3.05, 3.63) is 39.4 Å². The lowest BCUT2D eigenvalue weighted by Crippen LogP contribution is -2.50. The van der Waals surface area contributed by atoms with Crippen molar-refractivity contribution < 1.29 is 28.8 Å². The minimum absolute atomic E-state index is 0.212. The maximum absolute atomic E-state index is 12.4. The Morgan fingerprint density at radius 3 is 2.67 bits per heavy atom. The van der Waals surface area contributed by atoms with Gasteiger partial charge in [-0.3, -0.25) is 14.9 Å². The standard InChI is InChI=1S/C18H22N2O7/c1-3-26-18(23)14-9-4-5-10-19(14)15(21)11-27-17(22)13-8-6-7-12(2)16(13)20(24)25/h6-8,14H,3-5,9-11H2,1-2H3/t14-/m0/s1. The Kier molecular flexibility index (Phi) is 6.86. The number of nitro groups is 1. The highest BCUT2D eigenvalue weighted by molar-refractivity contribution is 5.96.